The van der Waals surface area contributed by atoms with Crippen LogP contribution in [0.3, 0.4) is 0 Å². The molecule has 1 saturated heterocycles. The molecule has 3 aromatic rings. The quantitative estimate of drug-likeness (QED) is 0.758. The van der Waals surface area contributed by atoms with Crippen molar-refractivity contribution in [3.8, 4) is 0 Å². The number of aliphatic hydroxyl groups excluding tert-OH is 1. The number of nitrogens with zero attached hydrogens (tertiary/aromatic N) is 5. The molecule has 5 rings (SSSR count). The number of hydrogen-bond acceptors (Lipinski definition) is 4. The third kappa shape index (κ3) is 2.81. The first-order valence-electron chi connectivity index (χ1n) is 10.1. The Kier molecular flexibility index (Phi) is 4.19. The number of fused-ring (bicyclic) bond motifs is 2. The molecule has 7 nitrogen and oxygen atoms in total. The van der Waals surface area contributed by atoms with Crippen LogP contribution in [0.15, 0.2) is 42.9 Å². The molecule has 3 heterocycles. The molecule has 146 valence electrons. The second-order valence-electron chi connectivity index (χ2n) is 8.03. The molecule has 1 aliphatic carbocycles. The zero-order chi connectivity index (χ0) is 19.3. The van der Waals surface area contributed by atoms with E-state index in [1.165, 1.54) is 0 Å². The largest absolute Gasteiger partial charge is 0.391 e. The van der Waals surface area contributed by atoms with Gasteiger partial charge in [0.05, 0.1) is 29.5 Å². The lowest BCUT2D eigenvalue weighted by Gasteiger charge is -2.36. The van der Waals surface area contributed by atoms with Gasteiger partial charge in [0.1, 0.15) is 5.69 Å². The summed E-state index contributed by atoms with van der Waals surface area (Å²) in [4.78, 5) is 19.3. The minimum absolute atomic E-state index is 0.000667. The standard InChI is InChI=1S/C21H25N5O2/c1-2-25-8-7-17(23-25)21(28)24-11-14-9-19(20(27)10-15(14)12-24)26-13-22-16-5-3-4-6-18(16)26/h3-8,13-15,19-20,27H,2,9-12H2,1H3/t14-,15+,19-,20-/m1/s1. The topological polar surface area (TPSA) is 76.2 Å². The smallest absolute Gasteiger partial charge is 0.274 e. The Morgan fingerprint density at radius 2 is 1.96 bits per heavy atom. The van der Waals surface area contributed by atoms with Gasteiger partial charge >= 0.3 is 0 Å². The van der Waals surface area contributed by atoms with E-state index in [0.29, 0.717) is 24.1 Å². The molecule has 0 unspecified atom stereocenters. The summed E-state index contributed by atoms with van der Waals surface area (Å²) in [6.45, 7) is 4.20. The average Bonchev–Trinajstić information content (AvgIpc) is 3.44. The normalized spacial score (nSPS) is 27.3. The van der Waals surface area contributed by atoms with Crippen molar-refractivity contribution in [1.29, 1.82) is 0 Å². The summed E-state index contributed by atoms with van der Waals surface area (Å²) in [5, 5.41) is 15.2. The molecular formula is C21H25N5O2. The average molecular weight is 379 g/mol. The first kappa shape index (κ1) is 17.4. The van der Waals surface area contributed by atoms with E-state index >= 15 is 0 Å². The van der Waals surface area contributed by atoms with Crippen molar-refractivity contribution in [2.75, 3.05) is 13.1 Å². The molecule has 28 heavy (non-hydrogen) atoms. The molecule has 1 aliphatic heterocycles. The van der Waals surface area contributed by atoms with Crippen molar-refractivity contribution in [3.63, 3.8) is 0 Å². The number of benzene rings is 1. The van der Waals surface area contributed by atoms with Gasteiger partial charge in [-0.15, -0.1) is 0 Å². The minimum Gasteiger partial charge on any atom is -0.391 e. The zero-order valence-corrected chi connectivity index (χ0v) is 16.0. The Balaban J connectivity index is 1.35. The van der Waals surface area contributed by atoms with E-state index in [-0.39, 0.29) is 11.9 Å². The number of imidazole rings is 1. The molecule has 2 fully saturated rings. The number of aromatic nitrogens is 4. The molecule has 2 aromatic heterocycles. The number of aliphatic hydroxyl groups is 1. The molecule has 0 radical (unpaired) electrons. The Hall–Kier alpha value is -2.67. The lowest BCUT2D eigenvalue weighted by molar-refractivity contribution is 0.0374. The summed E-state index contributed by atoms with van der Waals surface area (Å²) >= 11 is 0. The van der Waals surface area contributed by atoms with E-state index < -0.39 is 6.10 Å². The highest BCUT2D eigenvalue weighted by atomic mass is 16.3. The van der Waals surface area contributed by atoms with Crippen LogP contribution in [0.5, 0.6) is 0 Å². The van der Waals surface area contributed by atoms with Crippen molar-refractivity contribution >= 4 is 16.9 Å². The van der Waals surface area contributed by atoms with Crippen LogP contribution in [-0.2, 0) is 6.54 Å². The van der Waals surface area contributed by atoms with Gasteiger partial charge in [-0.3, -0.25) is 9.48 Å². The number of likely N-dealkylation sites (tertiary alicyclic amines) is 1. The van der Waals surface area contributed by atoms with Crippen LogP contribution in [-0.4, -0.2) is 54.4 Å². The maximum atomic E-state index is 12.9. The summed E-state index contributed by atoms with van der Waals surface area (Å²) in [5.74, 6) is 0.741. The molecule has 7 heteroatoms. The number of carbonyl (C=O) groups is 1. The fraction of sp³-hybridized carbons (Fsp3) is 0.476. The Morgan fingerprint density at radius 3 is 2.75 bits per heavy atom. The Morgan fingerprint density at radius 1 is 1.18 bits per heavy atom. The van der Waals surface area contributed by atoms with Gasteiger partial charge in [0.25, 0.3) is 5.91 Å². The van der Waals surface area contributed by atoms with Crippen molar-refractivity contribution in [2.24, 2.45) is 11.8 Å². The van der Waals surface area contributed by atoms with Crippen molar-refractivity contribution in [1.82, 2.24) is 24.2 Å². The lowest BCUT2D eigenvalue weighted by atomic mass is 9.77. The van der Waals surface area contributed by atoms with Crippen LogP contribution in [0.1, 0.15) is 36.3 Å². The molecule has 2 aliphatic rings. The Labute approximate surface area is 163 Å². The van der Waals surface area contributed by atoms with Gasteiger partial charge < -0.3 is 14.6 Å². The van der Waals surface area contributed by atoms with Crippen molar-refractivity contribution in [3.05, 3.63) is 48.5 Å². The third-order valence-corrected chi connectivity index (χ3v) is 6.42. The molecule has 0 bridgehead atoms. The second kappa shape index (κ2) is 6.74. The molecule has 4 atom stereocenters. The van der Waals surface area contributed by atoms with Crippen LogP contribution >= 0.6 is 0 Å². The predicted molar refractivity (Wildman–Crippen MR) is 105 cm³/mol. The highest BCUT2D eigenvalue weighted by molar-refractivity contribution is 5.92. The summed E-state index contributed by atoms with van der Waals surface area (Å²) in [6, 6.07) is 9.83. The van der Waals surface area contributed by atoms with Crippen LogP contribution in [0, 0.1) is 11.8 Å². The molecule has 1 saturated carbocycles. The van der Waals surface area contributed by atoms with E-state index in [4.69, 9.17) is 0 Å². The Bertz CT molecular complexity index is 1010. The van der Waals surface area contributed by atoms with Gasteiger partial charge in [0, 0.05) is 25.8 Å². The molecule has 1 amide bonds. The number of hydrogen-bond donors (Lipinski definition) is 1. The molecule has 0 spiro atoms. The summed E-state index contributed by atoms with van der Waals surface area (Å²) in [7, 11) is 0. The summed E-state index contributed by atoms with van der Waals surface area (Å²) in [6.07, 6.45) is 4.84. The van der Waals surface area contributed by atoms with E-state index in [0.717, 1.165) is 37.0 Å². The van der Waals surface area contributed by atoms with Gasteiger partial charge in [-0.05, 0) is 49.8 Å². The fourth-order valence-corrected chi connectivity index (χ4v) is 4.93. The monoisotopic (exact) mass is 379 g/mol. The predicted octanol–water partition coefficient (Wildman–Crippen LogP) is 2.34. The number of rotatable bonds is 3. The lowest BCUT2D eigenvalue weighted by Crippen LogP contribution is -2.36. The summed E-state index contributed by atoms with van der Waals surface area (Å²) < 4.78 is 3.89. The van der Waals surface area contributed by atoms with Gasteiger partial charge in [-0.1, -0.05) is 12.1 Å². The van der Waals surface area contributed by atoms with E-state index in [1.807, 2.05) is 42.5 Å². The van der Waals surface area contributed by atoms with Gasteiger partial charge in [0.15, 0.2) is 0 Å². The number of aryl methyl sites for hydroxylation is 1. The van der Waals surface area contributed by atoms with Crippen LogP contribution in [0.2, 0.25) is 0 Å². The van der Waals surface area contributed by atoms with Crippen molar-refractivity contribution < 1.29 is 9.90 Å². The van der Waals surface area contributed by atoms with Crippen LogP contribution in [0.25, 0.3) is 11.0 Å². The van der Waals surface area contributed by atoms with Crippen LogP contribution in [0.4, 0.5) is 0 Å². The van der Waals surface area contributed by atoms with Gasteiger partial charge in [-0.25, -0.2) is 4.98 Å². The zero-order valence-electron chi connectivity index (χ0n) is 16.0. The van der Waals surface area contributed by atoms with Crippen LogP contribution < -0.4 is 0 Å². The van der Waals surface area contributed by atoms with Gasteiger partial charge in [0.2, 0.25) is 0 Å². The highest BCUT2D eigenvalue weighted by Crippen LogP contribution is 2.42. The van der Waals surface area contributed by atoms with Gasteiger partial charge in [-0.2, -0.15) is 5.10 Å². The maximum absolute atomic E-state index is 12.9. The molecule has 1 aromatic carbocycles. The maximum Gasteiger partial charge on any atom is 0.274 e. The number of amides is 1. The fourth-order valence-electron chi connectivity index (χ4n) is 4.93. The first-order valence-corrected chi connectivity index (χ1v) is 10.1. The minimum atomic E-state index is -0.423. The molecular weight excluding hydrogens is 354 g/mol. The summed E-state index contributed by atoms with van der Waals surface area (Å²) in [5.41, 5.74) is 2.52. The number of para-hydroxylation sites is 2. The highest BCUT2D eigenvalue weighted by Gasteiger charge is 2.44. The van der Waals surface area contributed by atoms with Crippen molar-refractivity contribution in [2.45, 2.75) is 38.5 Å². The third-order valence-electron chi connectivity index (χ3n) is 6.42. The SMILES string of the molecule is CCn1ccc(C(=O)N2C[C@H]3C[C@@H](n4cnc5ccccc54)[C@H](O)C[C@H]3C2)n1. The second-order valence-corrected chi connectivity index (χ2v) is 8.03. The molecule has 1 N–H and O–H groups in total. The van der Waals surface area contributed by atoms with E-state index in [2.05, 4.69) is 20.7 Å². The van der Waals surface area contributed by atoms with E-state index in [1.54, 1.807) is 10.7 Å². The number of carbonyl (C=O) groups excluding carboxylic acids is 1. The van der Waals surface area contributed by atoms with E-state index in [9.17, 15) is 9.90 Å². The first-order chi connectivity index (χ1) is 13.6.